The molecule has 2 heterocycles. The monoisotopic (exact) mass is 310 g/mol. The molecule has 2 aliphatic heterocycles. The summed E-state index contributed by atoms with van der Waals surface area (Å²) in [4.78, 5) is 26.1. The molecule has 2 atom stereocenters. The van der Waals surface area contributed by atoms with E-state index >= 15 is 0 Å². The van der Waals surface area contributed by atoms with Gasteiger partial charge in [0.25, 0.3) is 16.0 Å². The van der Waals surface area contributed by atoms with Crippen LogP contribution in [0.5, 0.6) is 0 Å². The highest BCUT2D eigenvalue weighted by molar-refractivity contribution is 7.85. The van der Waals surface area contributed by atoms with Crippen LogP contribution in [0, 0.1) is 0 Å². The third kappa shape index (κ3) is 2.52. The van der Waals surface area contributed by atoms with Crippen molar-refractivity contribution in [3.63, 3.8) is 0 Å². The highest BCUT2D eigenvalue weighted by Gasteiger charge is 2.44. The molecule has 0 aliphatic carbocycles. The van der Waals surface area contributed by atoms with Crippen molar-refractivity contribution in [3.8, 4) is 0 Å². The molecule has 1 saturated heterocycles. The number of carbonyl (C=O) groups excluding carboxylic acids is 2. The van der Waals surface area contributed by atoms with E-state index < -0.39 is 28.0 Å². The number of nitrogens with zero attached hydrogens (tertiary/aromatic N) is 1. The van der Waals surface area contributed by atoms with Gasteiger partial charge in [0.1, 0.15) is 6.04 Å². The van der Waals surface area contributed by atoms with Crippen LogP contribution in [0.25, 0.3) is 0 Å². The van der Waals surface area contributed by atoms with Gasteiger partial charge in [0, 0.05) is 6.04 Å². The molecule has 0 aromatic heterocycles. The first-order valence-electron chi connectivity index (χ1n) is 6.54. The van der Waals surface area contributed by atoms with Crippen molar-refractivity contribution in [1.82, 2.24) is 4.90 Å². The Morgan fingerprint density at radius 2 is 1.95 bits per heavy atom. The second kappa shape index (κ2) is 4.81. The summed E-state index contributed by atoms with van der Waals surface area (Å²) >= 11 is 0. The van der Waals surface area contributed by atoms with Gasteiger partial charge < -0.3 is 10.2 Å². The smallest absolute Gasteiger partial charge is 0.266 e. The van der Waals surface area contributed by atoms with Crippen LogP contribution in [0.1, 0.15) is 23.2 Å². The number of fused-ring (bicyclic) bond motifs is 2. The molecule has 112 valence electrons. The van der Waals surface area contributed by atoms with Gasteiger partial charge in [0.05, 0.1) is 17.0 Å². The quantitative estimate of drug-likeness (QED) is 0.774. The zero-order chi connectivity index (χ0) is 15.2. The largest absolute Gasteiger partial charge is 0.324 e. The van der Waals surface area contributed by atoms with Crippen LogP contribution in [-0.2, 0) is 14.9 Å². The van der Waals surface area contributed by atoms with Crippen LogP contribution in [0.4, 0.5) is 5.69 Å². The minimum absolute atomic E-state index is 0.328. The summed E-state index contributed by atoms with van der Waals surface area (Å²) in [7, 11) is -4.21. The average Bonchev–Trinajstić information content (AvgIpc) is 2.75. The van der Waals surface area contributed by atoms with Gasteiger partial charge in [-0.1, -0.05) is 12.1 Å². The summed E-state index contributed by atoms with van der Waals surface area (Å²) in [6, 6.07) is 5.22. The molecule has 1 fully saturated rings. The van der Waals surface area contributed by atoms with Crippen molar-refractivity contribution in [2.45, 2.75) is 24.9 Å². The predicted molar refractivity (Wildman–Crippen MR) is 74.5 cm³/mol. The van der Waals surface area contributed by atoms with Gasteiger partial charge in [-0.2, -0.15) is 8.42 Å². The number of anilines is 1. The number of carbonyl (C=O) groups is 2. The van der Waals surface area contributed by atoms with Gasteiger partial charge in [-0.15, -0.1) is 0 Å². The Labute approximate surface area is 121 Å². The maximum atomic E-state index is 12.6. The molecule has 2 aliphatic rings. The summed E-state index contributed by atoms with van der Waals surface area (Å²) in [6.45, 7) is 0. The Balaban J connectivity index is 2.02. The molecule has 3 rings (SSSR count). The number of hydrogen-bond donors (Lipinski definition) is 2. The molecule has 2 amide bonds. The van der Waals surface area contributed by atoms with E-state index in [2.05, 4.69) is 5.32 Å². The van der Waals surface area contributed by atoms with E-state index in [0.717, 1.165) is 0 Å². The van der Waals surface area contributed by atoms with E-state index in [4.69, 9.17) is 4.55 Å². The minimum atomic E-state index is -4.21. The maximum absolute atomic E-state index is 12.6. The zero-order valence-corrected chi connectivity index (χ0v) is 11.8. The lowest BCUT2D eigenvalue weighted by atomic mass is 10.1. The summed E-state index contributed by atoms with van der Waals surface area (Å²) in [5.74, 6) is -1.27. The lowest BCUT2D eigenvalue weighted by Crippen LogP contribution is -2.46. The Kier molecular flexibility index (Phi) is 3.22. The van der Waals surface area contributed by atoms with Crippen molar-refractivity contribution in [1.29, 1.82) is 0 Å². The number of rotatable bonds is 2. The van der Waals surface area contributed by atoms with Crippen molar-refractivity contribution in [2.24, 2.45) is 0 Å². The van der Waals surface area contributed by atoms with Crippen LogP contribution in [-0.4, -0.2) is 47.5 Å². The molecule has 8 heteroatoms. The fraction of sp³-hybridized carbons (Fsp3) is 0.385. The molecular formula is C13H14N2O5S. The SMILES string of the molecule is O=C1Nc2ccccc2C(=O)N2C(CS(=O)(=O)O)CC[C@@H]12. The molecule has 2 N–H and O–H groups in total. The minimum Gasteiger partial charge on any atom is -0.324 e. The number of amides is 2. The van der Waals surface area contributed by atoms with Gasteiger partial charge in [0.2, 0.25) is 5.91 Å². The molecule has 0 bridgehead atoms. The van der Waals surface area contributed by atoms with Crippen molar-refractivity contribution < 1.29 is 22.6 Å². The number of para-hydroxylation sites is 1. The summed E-state index contributed by atoms with van der Waals surface area (Å²) in [5, 5.41) is 2.69. The fourth-order valence-electron chi connectivity index (χ4n) is 2.99. The van der Waals surface area contributed by atoms with E-state index in [1.165, 1.54) is 4.90 Å². The van der Waals surface area contributed by atoms with Gasteiger partial charge in [-0.3, -0.25) is 14.1 Å². The first-order chi connectivity index (χ1) is 9.87. The highest BCUT2D eigenvalue weighted by atomic mass is 32.2. The second-order valence-electron chi connectivity index (χ2n) is 5.24. The molecule has 7 nitrogen and oxygen atoms in total. The number of benzene rings is 1. The standard InChI is InChI=1S/C13H14N2O5S/c16-12-11-6-5-8(7-21(18,19)20)15(11)13(17)9-3-1-2-4-10(9)14-12/h1-4,8,11H,5-7H2,(H,14,16)(H,18,19,20)/t8?,11-/m0/s1. The van der Waals surface area contributed by atoms with Crippen LogP contribution in [0.15, 0.2) is 24.3 Å². The van der Waals surface area contributed by atoms with E-state index in [9.17, 15) is 18.0 Å². The molecule has 1 unspecified atom stereocenters. The molecule has 21 heavy (non-hydrogen) atoms. The van der Waals surface area contributed by atoms with E-state index in [1.54, 1.807) is 24.3 Å². The Morgan fingerprint density at radius 1 is 1.24 bits per heavy atom. The van der Waals surface area contributed by atoms with Gasteiger partial charge in [0.15, 0.2) is 0 Å². The van der Waals surface area contributed by atoms with Crippen molar-refractivity contribution in [2.75, 3.05) is 11.1 Å². The third-order valence-corrected chi connectivity index (χ3v) is 4.66. The molecule has 1 aromatic rings. The first-order valence-corrected chi connectivity index (χ1v) is 8.15. The summed E-state index contributed by atoms with van der Waals surface area (Å²) in [6.07, 6.45) is 0.748. The maximum Gasteiger partial charge on any atom is 0.266 e. The Morgan fingerprint density at radius 3 is 2.67 bits per heavy atom. The van der Waals surface area contributed by atoms with Gasteiger partial charge >= 0.3 is 0 Å². The van der Waals surface area contributed by atoms with Crippen molar-refractivity contribution in [3.05, 3.63) is 29.8 Å². The zero-order valence-electron chi connectivity index (χ0n) is 11.0. The van der Waals surface area contributed by atoms with Crippen LogP contribution >= 0.6 is 0 Å². The number of nitrogens with one attached hydrogen (secondary N) is 1. The molecule has 0 spiro atoms. The Bertz CT molecular complexity index is 715. The normalized spacial score (nSPS) is 25.1. The topological polar surface area (TPSA) is 104 Å². The lowest BCUT2D eigenvalue weighted by Gasteiger charge is -2.26. The summed E-state index contributed by atoms with van der Waals surface area (Å²) < 4.78 is 31.2. The van der Waals surface area contributed by atoms with Crippen LogP contribution < -0.4 is 5.32 Å². The molecule has 0 saturated carbocycles. The van der Waals surface area contributed by atoms with E-state index in [1.807, 2.05) is 0 Å². The third-order valence-electron chi connectivity index (χ3n) is 3.86. The van der Waals surface area contributed by atoms with Crippen molar-refractivity contribution >= 4 is 27.6 Å². The highest BCUT2D eigenvalue weighted by Crippen LogP contribution is 2.32. The van der Waals surface area contributed by atoms with Gasteiger partial charge in [-0.05, 0) is 25.0 Å². The lowest BCUT2D eigenvalue weighted by molar-refractivity contribution is -0.119. The summed E-state index contributed by atoms with van der Waals surface area (Å²) in [5.41, 5.74) is 0.753. The molecule has 1 aromatic carbocycles. The second-order valence-corrected chi connectivity index (χ2v) is 6.74. The molecular weight excluding hydrogens is 296 g/mol. The predicted octanol–water partition coefficient (Wildman–Crippen LogP) is 0.500. The number of hydrogen-bond acceptors (Lipinski definition) is 4. The average molecular weight is 310 g/mol. The Hall–Kier alpha value is -1.93. The van der Waals surface area contributed by atoms with Gasteiger partial charge in [-0.25, -0.2) is 0 Å². The van der Waals surface area contributed by atoms with Crippen LogP contribution in [0.2, 0.25) is 0 Å². The fourth-order valence-corrected chi connectivity index (χ4v) is 3.80. The first kappa shape index (κ1) is 14.0. The van der Waals surface area contributed by atoms with E-state index in [-0.39, 0.29) is 11.8 Å². The van der Waals surface area contributed by atoms with E-state index in [0.29, 0.717) is 24.1 Å². The molecule has 0 radical (unpaired) electrons. The van der Waals surface area contributed by atoms with Crippen LogP contribution in [0.3, 0.4) is 0 Å².